The van der Waals surface area contributed by atoms with Crippen molar-refractivity contribution in [2.24, 2.45) is 0 Å². The Morgan fingerprint density at radius 2 is 1.75 bits per heavy atom. The van der Waals surface area contributed by atoms with Gasteiger partial charge in [-0.25, -0.2) is 8.42 Å². The summed E-state index contributed by atoms with van der Waals surface area (Å²) in [5.41, 5.74) is 1.79. The van der Waals surface area contributed by atoms with Crippen molar-refractivity contribution in [2.75, 3.05) is 31.6 Å². The number of morpholine rings is 1. The van der Waals surface area contributed by atoms with Gasteiger partial charge in [0.05, 0.1) is 13.2 Å². The molecule has 0 aliphatic carbocycles. The number of hydrogen-bond donors (Lipinski definition) is 1. The molecule has 1 aromatic carbocycles. The maximum Gasteiger partial charge on any atom is 0.271 e. The van der Waals surface area contributed by atoms with Crippen LogP contribution in [0.1, 0.15) is 11.1 Å². The van der Waals surface area contributed by atoms with Gasteiger partial charge in [-0.15, -0.1) is 0 Å². The summed E-state index contributed by atoms with van der Waals surface area (Å²) in [6, 6.07) is 8.38. The second kappa shape index (κ2) is 8.26. The fourth-order valence-electron chi connectivity index (χ4n) is 3.11. The molecule has 9 heteroatoms. The molecule has 0 spiro atoms. The van der Waals surface area contributed by atoms with Crippen LogP contribution in [0, 0.1) is 13.8 Å². The Morgan fingerprint density at radius 1 is 1.11 bits per heavy atom. The number of para-hydroxylation sites is 1. The number of pyridine rings is 1. The van der Waals surface area contributed by atoms with Gasteiger partial charge in [0.1, 0.15) is 11.4 Å². The Bertz CT molecular complexity index is 1020. The van der Waals surface area contributed by atoms with Crippen LogP contribution >= 0.6 is 0 Å². The summed E-state index contributed by atoms with van der Waals surface area (Å²) in [4.78, 5) is 24.8. The van der Waals surface area contributed by atoms with E-state index >= 15 is 0 Å². The van der Waals surface area contributed by atoms with Crippen LogP contribution < -0.4 is 10.9 Å². The molecule has 1 aliphatic heterocycles. The molecule has 0 radical (unpaired) electrons. The first-order chi connectivity index (χ1) is 13.3. The largest absolute Gasteiger partial charge is 0.379 e. The summed E-state index contributed by atoms with van der Waals surface area (Å²) in [5.74, 6) is -0.402. The smallest absolute Gasteiger partial charge is 0.271 e. The molecule has 150 valence electrons. The summed E-state index contributed by atoms with van der Waals surface area (Å²) < 4.78 is 33.1. The number of aromatic nitrogens is 1. The molecular weight excluding hydrogens is 382 g/mol. The van der Waals surface area contributed by atoms with Gasteiger partial charge in [-0.2, -0.15) is 4.31 Å². The van der Waals surface area contributed by atoms with Gasteiger partial charge in [0.2, 0.25) is 15.9 Å². The minimum atomic E-state index is -3.94. The van der Waals surface area contributed by atoms with Crippen molar-refractivity contribution in [3.63, 3.8) is 0 Å². The number of aryl methyl sites for hydroxylation is 2. The molecule has 3 rings (SSSR count). The van der Waals surface area contributed by atoms with E-state index in [-0.39, 0.29) is 24.5 Å². The van der Waals surface area contributed by atoms with Crippen LogP contribution in [0.5, 0.6) is 0 Å². The van der Waals surface area contributed by atoms with E-state index in [1.807, 2.05) is 32.0 Å². The van der Waals surface area contributed by atoms with Crippen molar-refractivity contribution in [1.29, 1.82) is 0 Å². The summed E-state index contributed by atoms with van der Waals surface area (Å²) in [6.07, 6.45) is 1.41. The van der Waals surface area contributed by atoms with Gasteiger partial charge in [0, 0.05) is 25.0 Å². The zero-order chi connectivity index (χ0) is 20.3. The van der Waals surface area contributed by atoms with E-state index in [1.165, 1.54) is 22.6 Å². The van der Waals surface area contributed by atoms with Gasteiger partial charge < -0.3 is 14.6 Å². The Balaban J connectivity index is 1.83. The molecule has 0 bridgehead atoms. The van der Waals surface area contributed by atoms with Crippen LogP contribution in [-0.2, 0) is 26.1 Å². The first-order valence-electron chi connectivity index (χ1n) is 8.94. The van der Waals surface area contributed by atoms with Crippen LogP contribution in [-0.4, -0.2) is 49.5 Å². The Morgan fingerprint density at radius 3 is 2.39 bits per heavy atom. The minimum Gasteiger partial charge on any atom is -0.379 e. The lowest BCUT2D eigenvalue weighted by Gasteiger charge is -2.25. The van der Waals surface area contributed by atoms with Gasteiger partial charge in [0.25, 0.3) is 5.56 Å². The number of sulfonamides is 1. The highest BCUT2D eigenvalue weighted by atomic mass is 32.2. The number of ether oxygens (including phenoxy) is 1. The maximum atomic E-state index is 12.8. The quantitative estimate of drug-likeness (QED) is 0.804. The molecule has 1 saturated heterocycles. The predicted octanol–water partition coefficient (Wildman–Crippen LogP) is 1.12. The topological polar surface area (TPSA) is 97.7 Å². The number of nitrogens with one attached hydrogen (secondary N) is 1. The van der Waals surface area contributed by atoms with Gasteiger partial charge in [-0.05, 0) is 37.1 Å². The van der Waals surface area contributed by atoms with Crippen LogP contribution in [0.2, 0.25) is 0 Å². The molecule has 1 fully saturated rings. The molecule has 2 aromatic rings. The highest BCUT2D eigenvalue weighted by Gasteiger charge is 2.29. The lowest BCUT2D eigenvalue weighted by Crippen LogP contribution is -2.43. The number of nitrogens with zero attached hydrogens (tertiary/aromatic N) is 2. The van der Waals surface area contributed by atoms with E-state index in [2.05, 4.69) is 5.32 Å². The van der Waals surface area contributed by atoms with Gasteiger partial charge in [0.15, 0.2) is 0 Å². The SMILES string of the molecule is Cc1cccc(C)c1NC(=O)Cn1cccc(S(=O)(=O)N2CCOCC2)c1=O. The predicted molar refractivity (Wildman–Crippen MR) is 105 cm³/mol. The first kappa shape index (κ1) is 20.2. The molecular formula is C19H23N3O5S. The van der Waals surface area contributed by atoms with Crippen molar-refractivity contribution in [1.82, 2.24) is 8.87 Å². The van der Waals surface area contributed by atoms with E-state index < -0.39 is 21.5 Å². The number of rotatable bonds is 5. The molecule has 8 nitrogen and oxygen atoms in total. The van der Waals surface area contributed by atoms with Crippen LogP contribution in [0.3, 0.4) is 0 Å². The highest BCUT2D eigenvalue weighted by Crippen LogP contribution is 2.19. The van der Waals surface area contributed by atoms with Crippen molar-refractivity contribution in [2.45, 2.75) is 25.3 Å². The molecule has 1 N–H and O–H groups in total. The molecule has 2 heterocycles. The normalized spacial score (nSPS) is 15.4. The third-order valence-corrected chi connectivity index (χ3v) is 6.54. The van der Waals surface area contributed by atoms with Crippen LogP contribution in [0.15, 0.2) is 46.2 Å². The molecule has 1 amide bonds. The van der Waals surface area contributed by atoms with Crippen LogP contribution in [0.25, 0.3) is 0 Å². The number of carbonyl (C=O) groups is 1. The average Bonchev–Trinajstić information content (AvgIpc) is 2.67. The summed E-state index contributed by atoms with van der Waals surface area (Å²) >= 11 is 0. The van der Waals surface area contributed by atoms with E-state index in [0.717, 1.165) is 15.7 Å². The maximum absolute atomic E-state index is 12.8. The van der Waals surface area contributed by atoms with E-state index in [9.17, 15) is 18.0 Å². The molecule has 28 heavy (non-hydrogen) atoms. The molecule has 1 aliphatic rings. The van der Waals surface area contributed by atoms with Crippen molar-refractivity contribution in [3.05, 3.63) is 58.0 Å². The second-order valence-corrected chi connectivity index (χ2v) is 8.54. The Kier molecular flexibility index (Phi) is 5.97. The summed E-state index contributed by atoms with van der Waals surface area (Å²) in [6.45, 7) is 4.46. The van der Waals surface area contributed by atoms with Gasteiger partial charge >= 0.3 is 0 Å². The first-order valence-corrected chi connectivity index (χ1v) is 10.4. The third-order valence-electron chi connectivity index (χ3n) is 4.63. The lowest BCUT2D eigenvalue weighted by atomic mass is 10.1. The Labute approximate surface area is 163 Å². The summed E-state index contributed by atoms with van der Waals surface area (Å²) in [7, 11) is -3.94. The minimum absolute atomic E-state index is 0.198. The van der Waals surface area contributed by atoms with Gasteiger partial charge in [-0.1, -0.05) is 18.2 Å². The second-order valence-electron chi connectivity index (χ2n) is 6.64. The lowest BCUT2D eigenvalue weighted by molar-refractivity contribution is -0.116. The standard InChI is InChI=1S/C19H23N3O5S/c1-14-5-3-6-15(2)18(14)20-17(23)13-21-8-4-7-16(19(21)24)28(25,26)22-9-11-27-12-10-22/h3-8H,9-13H2,1-2H3,(H,20,23). The monoisotopic (exact) mass is 405 g/mol. The number of anilines is 1. The van der Waals surface area contributed by atoms with Crippen LogP contribution in [0.4, 0.5) is 5.69 Å². The number of hydrogen-bond acceptors (Lipinski definition) is 5. The molecule has 0 unspecified atom stereocenters. The summed E-state index contributed by atoms with van der Waals surface area (Å²) in [5, 5.41) is 2.80. The van der Waals surface area contributed by atoms with Crippen molar-refractivity contribution in [3.8, 4) is 0 Å². The van der Waals surface area contributed by atoms with E-state index in [4.69, 9.17) is 4.74 Å². The number of benzene rings is 1. The zero-order valence-corrected chi connectivity index (χ0v) is 16.7. The zero-order valence-electron chi connectivity index (χ0n) is 15.8. The van der Waals surface area contributed by atoms with Crippen molar-refractivity contribution >= 4 is 21.6 Å². The molecule has 1 aromatic heterocycles. The Hall–Kier alpha value is -2.49. The van der Waals surface area contributed by atoms with E-state index in [1.54, 1.807) is 0 Å². The number of carbonyl (C=O) groups excluding carboxylic acids is 1. The molecule has 0 atom stereocenters. The van der Waals surface area contributed by atoms with Gasteiger partial charge in [-0.3, -0.25) is 9.59 Å². The molecule has 0 saturated carbocycles. The fraction of sp³-hybridized carbons (Fsp3) is 0.368. The van der Waals surface area contributed by atoms with Crippen molar-refractivity contribution < 1.29 is 17.9 Å². The number of amides is 1. The third kappa shape index (κ3) is 4.16. The highest BCUT2D eigenvalue weighted by molar-refractivity contribution is 7.89. The average molecular weight is 405 g/mol. The fourth-order valence-corrected chi connectivity index (χ4v) is 4.60. The van der Waals surface area contributed by atoms with E-state index in [0.29, 0.717) is 18.9 Å².